The van der Waals surface area contributed by atoms with Crippen LogP contribution in [0.25, 0.3) is 11.4 Å². The van der Waals surface area contributed by atoms with Gasteiger partial charge in [-0.3, -0.25) is 0 Å². The van der Waals surface area contributed by atoms with Crippen LogP contribution in [0.15, 0.2) is 48.5 Å². The van der Waals surface area contributed by atoms with Gasteiger partial charge in [0.05, 0.1) is 6.04 Å². The Balaban J connectivity index is 1.61. The van der Waals surface area contributed by atoms with Crippen molar-refractivity contribution in [3.63, 3.8) is 0 Å². The van der Waals surface area contributed by atoms with Crippen molar-refractivity contribution in [1.82, 2.24) is 14.3 Å². The summed E-state index contributed by atoms with van der Waals surface area (Å²) in [6.07, 6.45) is 2.45. The van der Waals surface area contributed by atoms with E-state index < -0.39 is 0 Å². The summed E-state index contributed by atoms with van der Waals surface area (Å²) in [6, 6.07) is 15.7. The Kier molecular flexibility index (Phi) is 4.93. The highest BCUT2D eigenvalue weighted by atomic mass is 32.1. The molecule has 6 heteroatoms. The molecule has 0 saturated heterocycles. The van der Waals surface area contributed by atoms with Crippen LogP contribution in [-0.2, 0) is 20.3 Å². The molecule has 1 aromatic heterocycles. The molecule has 0 aliphatic heterocycles. The molecule has 140 valence electrons. The van der Waals surface area contributed by atoms with Gasteiger partial charge in [-0.15, -0.1) is 5.10 Å². The number of nitrogens with zero attached hydrogens (tertiary/aromatic N) is 3. The fourth-order valence-electron chi connectivity index (χ4n) is 3.53. The molecule has 0 spiro atoms. The second-order valence-electron chi connectivity index (χ2n) is 7.37. The highest BCUT2D eigenvalue weighted by molar-refractivity contribution is 7.71. The third-order valence-corrected chi connectivity index (χ3v) is 5.76. The van der Waals surface area contributed by atoms with E-state index in [1.54, 1.807) is 0 Å². The molecule has 27 heavy (non-hydrogen) atoms. The number of aromatic nitrogens is 3. The number of benzene rings is 2. The summed E-state index contributed by atoms with van der Waals surface area (Å²) in [5, 5.41) is 4.84. The number of aryl methyl sites for hydroxylation is 1. The maximum atomic E-state index is 13.2. The normalized spacial score (nSPS) is 15.1. The zero-order valence-corrected chi connectivity index (χ0v) is 16.5. The summed E-state index contributed by atoms with van der Waals surface area (Å²) in [5.41, 5.74) is 3.43. The zero-order chi connectivity index (χ0) is 19.0. The number of halogens is 1. The van der Waals surface area contributed by atoms with Crippen LogP contribution < -0.4 is 4.90 Å². The van der Waals surface area contributed by atoms with Crippen LogP contribution in [0.3, 0.4) is 0 Å². The lowest BCUT2D eigenvalue weighted by molar-refractivity contribution is -0.947. The topological polar surface area (TPSA) is 27.2 Å². The van der Waals surface area contributed by atoms with Crippen molar-refractivity contribution < 1.29 is 9.29 Å². The van der Waals surface area contributed by atoms with E-state index in [1.807, 2.05) is 40.6 Å². The summed E-state index contributed by atoms with van der Waals surface area (Å²) >= 11 is 5.66. The number of nitrogens with one attached hydrogen (secondary N) is 1. The van der Waals surface area contributed by atoms with Crippen LogP contribution in [0.1, 0.15) is 24.0 Å². The summed E-state index contributed by atoms with van der Waals surface area (Å²) in [7, 11) is 1.98. The van der Waals surface area contributed by atoms with E-state index >= 15 is 0 Å². The second-order valence-corrected chi connectivity index (χ2v) is 7.74. The van der Waals surface area contributed by atoms with Gasteiger partial charge >= 0.3 is 0 Å². The molecule has 1 N–H and O–H groups in total. The van der Waals surface area contributed by atoms with Gasteiger partial charge in [0, 0.05) is 31.0 Å². The molecule has 1 atom stereocenters. The van der Waals surface area contributed by atoms with Crippen molar-refractivity contribution in [2.75, 3.05) is 0 Å². The number of quaternary nitrogens is 1. The summed E-state index contributed by atoms with van der Waals surface area (Å²) in [5.74, 6) is 0.705. The maximum Gasteiger partial charge on any atom is 0.202 e. The maximum absolute atomic E-state index is 13.2. The van der Waals surface area contributed by atoms with Crippen LogP contribution in [-0.4, -0.2) is 20.4 Å². The monoisotopic (exact) mass is 383 g/mol. The first kappa shape index (κ1) is 18.1. The van der Waals surface area contributed by atoms with Crippen molar-refractivity contribution >= 4 is 12.2 Å². The van der Waals surface area contributed by atoms with E-state index in [0.717, 1.165) is 34.9 Å². The predicted molar refractivity (Wildman–Crippen MR) is 106 cm³/mol. The van der Waals surface area contributed by atoms with Crippen molar-refractivity contribution in [2.24, 2.45) is 7.05 Å². The Morgan fingerprint density at radius 2 is 1.85 bits per heavy atom. The molecule has 1 heterocycles. The molecular formula is C21H24FN4S+. The van der Waals surface area contributed by atoms with Crippen LogP contribution >= 0.6 is 12.2 Å². The molecule has 1 saturated carbocycles. The van der Waals surface area contributed by atoms with Gasteiger partial charge in [-0.25, -0.2) is 4.39 Å². The van der Waals surface area contributed by atoms with E-state index in [-0.39, 0.29) is 5.82 Å². The first-order valence-electron chi connectivity index (χ1n) is 9.32. The number of hydrogen-bond acceptors (Lipinski definition) is 2. The molecule has 0 radical (unpaired) electrons. The van der Waals surface area contributed by atoms with E-state index in [9.17, 15) is 4.39 Å². The molecule has 1 fully saturated rings. The predicted octanol–water partition coefficient (Wildman–Crippen LogP) is 3.27. The lowest BCUT2D eigenvalue weighted by atomic mass is 10.1. The van der Waals surface area contributed by atoms with Gasteiger partial charge in [0.15, 0.2) is 12.5 Å². The quantitative estimate of drug-likeness (QED) is 0.662. The minimum atomic E-state index is -0.193. The second kappa shape index (κ2) is 7.37. The van der Waals surface area contributed by atoms with E-state index in [0.29, 0.717) is 6.04 Å². The summed E-state index contributed by atoms with van der Waals surface area (Å²) in [6.45, 7) is 3.66. The highest BCUT2D eigenvalue weighted by Crippen LogP contribution is 2.21. The minimum Gasteiger partial charge on any atom is -0.310 e. The first-order valence-corrected chi connectivity index (χ1v) is 9.72. The highest BCUT2D eigenvalue weighted by Gasteiger charge is 2.34. The van der Waals surface area contributed by atoms with Crippen molar-refractivity contribution in [3.8, 4) is 11.4 Å². The van der Waals surface area contributed by atoms with Gasteiger partial charge in [-0.1, -0.05) is 36.4 Å². The molecular weight excluding hydrogens is 359 g/mol. The largest absolute Gasteiger partial charge is 0.310 e. The SMILES string of the molecule is Cc1ccccc1-c1nn(C[NH+](Cc2ccc(F)cc2)C2CC2)c(=S)n1C. The molecule has 4 nitrogen and oxygen atoms in total. The van der Waals surface area contributed by atoms with Crippen LogP contribution in [0, 0.1) is 17.5 Å². The molecule has 1 aliphatic rings. The van der Waals surface area contributed by atoms with Gasteiger partial charge in [-0.05, 0) is 36.8 Å². The average Bonchev–Trinajstić information content (AvgIpc) is 3.47. The molecule has 4 rings (SSSR count). The standard InChI is InChI=1S/C21H23FN4S/c1-15-5-3-4-6-19(15)20-23-26(21(27)24(20)2)14-25(18-11-12-18)13-16-7-9-17(22)10-8-16/h3-10,18H,11-14H2,1-2H3/p+1. The Morgan fingerprint density at radius 1 is 1.15 bits per heavy atom. The van der Waals surface area contributed by atoms with Crippen LogP contribution in [0.4, 0.5) is 4.39 Å². The lowest BCUT2D eigenvalue weighted by Gasteiger charge is -2.19. The first-order chi connectivity index (χ1) is 13.0. The fraction of sp³-hybridized carbons (Fsp3) is 0.333. The van der Waals surface area contributed by atoms with E-state index in [2.05, 4.69) is 19.1 Å². The van der Waals surface area contributed by atoms with Crippen molar-refractivity contribution in [1.29, 1.82) is 0 Å². The molecule has 1 unspecified atom stereocenters. The van der Waals surface area contributed by atoms with Gasteiger partial charge in [-0.2, -0.15) is 4.68 Å². The molecule has 2 aromatic carbocycles. The Bertz CT molecular complexity index is 1000. The Morgan fingerprint density at radius 3 is 2.52 bits per heavy atom. The molecule has 3 aromatic rings. The van der Waals surface area contributed by atoms with Crippen molar-refractivity contribution in [2.45, 2.75) is 39.0 Å². The number of rotatable bonds is 6. The average molecular weight is 384 g/mol. The van der Waals surface area contributed by atoms with Gasteiger partial charge in [0.1, 0.15) is 12.4 Å². The number of hydrogen-bond donors (Lipinski definition) is 1. The van der Waals surface area contributed by atoms with Gasteiger partial charge < -0.3 is 9.47 Å². The minimum absolute atomic E-state index is 0.193. The van der Waals surface area contributed by atoms with E-state index in [1.165, 1.54) is 35.4 Å². The molecule has 0 bridgehead atoms. The van der Waals surface area contributed by atoms with Crippen LogP contribution in [0.2, 0.25) is 0 Å². The Hall–Kier alpha value is -2.31. The molecule has 0 amide bonds. The smallest absolute Gasteiger partial charge is 0.202 e. The van der Waals surface area contributed by atoms with Gasteiger partial charge in [0.2, 0.25) is 4.77 Å². The third kappa shape index (κ3) is 3.87. The Labute approximate surface area is 163 Å². The summed E-state index contributed by atoms with van der Waals surface area (Å²) < 4.78 is 17.9. The fourth-order valence-corrected chi connectivity index (χ4v) is 3.72. The lowest BCUT2D eigenvalue weighted by Crippen LogP contribution is -3.11. The van der Waals surface area contributed by atoms with Crippen molar-refractivity contribution in [3.05, 3.63) is 70.2 Å². The summed E-state index contributed by atoms with van der Waals surface area (Å²) in [4.78, 5) is 1.42. The van der Waals surface area contributed by atoms with E-state index in [4.69, 9.17) is 17.3 Å². The van der Waals surface area contributed by atoms with Gasteiger partial charge in [0.25, 0.3) is 0 Å². The molecule has 1 aliphatic carbocycles. The zero-order valence-electron chi connectivity index (χ0n) is 15.7. The van der Waals surface area contributed by atoms with Crippen LogP contribution in [0.5, 0.6) is 0 Å². The third-order valence-electron chi connectivity index (χ3n) is 5.28.